The molecule has 12 heteroatoms. The van der Waals surface area contributed by atoms with Gasteiger partial charge in [-0.2, -0.15) is 10.2 Å². The van der Waals surface area contributed by atoms with Gasteiger partial charge < -0.3 is 19.3 Å². The average Bonchev–Trinajstić information content (AvgIpc) is 3.73. The second-order valence-electron chi connectivity index (χ2n) is 13.1. The summed E-state index contributed by atoms with van der Waals surface area (Å²) >= 11 is 0. The van der Waals surface area contributed by atoms with Crippen LogP contribution in [0.1, 0.15) is 37.9 Å². The van der Waals surface area contributed by atoms with Gasteiger partial charge in [0.1, 0.15) is 28.6 Å². The van der Waals surface area contributed by atoms with Crippen molar-refractivity contribution in [3.8, 4) is 39.5 Å². The van der Waals surface area contributed by atoms with Gasteiger partial charge in [-0.3, -0.25) is 9.48 Å². The molecule has 0 aliphatic carbocycles. The van der Waals surface area contributed by atoms with Gasteiger partial charge >= 0.3 is 6.09 Å². The summed E-state index contributed by atoms with van der Waals surface area (Å²) in [5.74, 6) is -0.188. The number of hydrogen-bond donors (Lipinski definition) is 0. The monoisotopic (exact) mass is 649 g/mol. The average molecular weight is 650 g/mol. The molecule has 5 aromatic rings. The first kappa shape index (κ1) is 31.1. The standard InChI is InChI=1S/C36H36FN7O4/c1-6-31(45)42-20-27(21-42)43-19-25(17-39-43)33-34(28-10-9-26(37)16-30(28)47-5)44-29(11-13-38-44)32(40-33)23-7-8-24-18-41(14-12-22(24)15-23)35(46)48-36(2,3)4/h6-11,13,15-17,19,27H,1,12,14,18,20-21H2,2-5H3. The Labute approximate surface area is 277 Å². The smallest absolute Gasteiger partial charge is 0.410 e. The molecular formula is C36H36FN7O4. The third-order valence-electron chi connectivity index (χ3n) is 8.71. The van der Waals surface area contributed by atoms with E-state index in [-0.39, 0.29) is 18.0 Å². The molecule has 2 aliphatic rings. The molecule has 2 aromatic carbocycles. The van der Waals surface area contributed by atoms with E-state index in [9.17, 15) is 14.0 Å². The maximum absolute atomic E-state index is 14.3. The molecule has 2 aliphatic heterocycles. The van der Waals surface area contributed by atoms with E-state index in [2.05, 4.69) is 17.7 Å². The normalized spacial score (nSPS) is 14.9. The Bertz CT molecular complexity index is 2070. The molecule has 0 unspecified atom stereocenters. The van der Waals surface area contributed by atoms with Crippen LogP contribution < -0.4 is 4.74 Å². The first-order valence-corrected chi connectivity index (χ1v) is 15.8. The second-order valence-corrected chi connectivity index (χ2v) is 13.1. The number of carbonyl (C=O) groups excluding carboxylic acids is 2. The zero-order chi connectivity index (χ0) is 33.7. The highest BCUT2D eigenvalue weighted by Gasteiger charge is 2.32. The molecule has 0 spiro atoms. The third-order valence-corrected chi connectivity index (χ3v) is 8.71. The van der Waals surface area contributed by atoms with Crippen LogP contribution >= 0.6 is 0 Å². The van der Waals surface area contributed by atoms with Crippen molar-refractivity contribution in [1.82, 2.24) is 34.2 Å². The lowest BCUT2D eigenvalue weighted by atomic mass is 9.95. The number of amides is 2. The van der Waals surface area contributed by atoms with Crippen LogP contribution in [0.4, 0.5) is 9.18 Å². The van der Waals surface area contributed by atoms with Crippen molar-refractivity contribution >= 4 is 17.5 Å². The Morgan fingerprint density at radius 2 is 1.81 bits per heavy atom. The summed E-state index contributed by atoms with van der Waals surface area (Å²) in [5, 5.41) is 9.35. The highest BCUT2D eigenvalue weighted by atomic mass is 19.1. The van der Waals surface area contributed by atoms with Gasteiger partial charge in [0.15, 0.2) is 0 Å². The number of carbonyl (C=O) groups is 2. The van der Waals surface area contributed by atoms with Gasteiger partial charge in [-0.1, -0.05) is 18.7 Å². The fourth-order valence-corrected chi connectivity index (χ4v) is 6.27. The van der Waals surface area contributed by atoms with Crippen LogP contribution in [0, 0.1) is 5.82 Å². The van der Waals surface area contributed by atoms with Gasteiger partial charge in [-0.15, -0.1) is 0 Å². The molecule has 5 heterocycles. The second kappa shape index (κ2) is 11.9. The van der Waals surface area contributed by atoms with Gasteiger partial charge in [0.2, 0.25) is 5.91 Å². The number of rotatable bonds is 6. The van der Waals surface area contributed by atoms with E-state index in [1.54, 1.807) is 28.3 Å². The van der Waals surface area contributed by atoms with Gasteiger partial charge in [0.05, 0.1) is 36.8 Å². The summed E-state index contributed by atoms with van der Waals surface area (Å²) in [6.45, 7) is 11.2. The number of methoxy groups -OCH3 is 1. The Morgan fingerprint density at radius 1 is 1.00 bits per heavy atom. The van der Waals surface area contributed by atoms with Crippen LogP contribution in [0.15, 0.2) is 73.7 Å². The number of likely N-dealkylation sites (tertiary alicyclic amines) is 1. The van der Waals surface area contributed by atoms with Crippen molar-refractivity contribution in [2.24, 2.45) is 0 Å². The minimum absolute atomic E-state index is 0.0141. The van der Waals surface area contributed by atoms with Crippen molar-refractivity contribution < 1.29 is 23.5 Å². The Hall–Kier alpha value is -5.52. The number of hydrogen-bond acceptors (Lipinski definition) is 7. The first-order valence-electron chi connectivity index (χ1n) is 15.8. The van der Waals surface area contributed by atoms with E-state index in [4.69, 9.17) is 19.6 Å². The maximum Gasteiger partial charge on any atom is 0.410 e. The lowest BCUT2D eigenvalue weighted by molar-refractivity contribution is -0.131. The van der Waals surface area contributed by atoms with Crippen molar-refractivity contribution in [3.05, 3.63) is 90.7 Å². The SMILES string of the molecule is C=CC(=O)N1CC(n2cc(-c3nc(-c4ccc5c(c4)CCN(C(=O)OC(C)(C)C)C5)c4ccnn4c3-c3ccc(F)cc3OC)cn2)C1. The predicted molar refractivity (Wildman–Crippen MR) is 178 cm³/mol. The molecule has 1 fully saturated rings. The topological polar surface area (TPSA) is 107 Å². The van der Waals surface area contributed by atoms with E-state index in [0.29, 0.717) is 61.0 Å². The summed E-state index contributed by atoms with van der Waals surface area (Å²) in [5.41, 5.74) is 6.55. The molecular weight excluding hydrogens is 613 g/mol. The van der Waals surface area contributed by atoms with Crippen molar-refractivity contribution in [2.45, 2.75) is 45.4 Å². The lowest BCUT2D eigenvalue weighted by Gasteiger charge is -2.38. The molecule has 0 saturated carbocycles. The van der Waals surface area contributed by atoms with Gasteiger partial charge in [-0.05, 0) is 68.7 Å². The molecule has 48 heavy (non-hydrogen) atoms. The first-order chi connectivity index (χ1) is 23.0. The third kappa shape index (κ3) is 5.67. The number of ether oxygens (including phenoxy) is 2. The molecule has 2 amide bonds. The van der Waals surface area contributed by atoms with E-state index in [1.165, 1.54) is 25.3 Å². The highest BCUT2D eigenvalue weighted by molar-refractivity contribution is 5.89. The van der Waals surface area contributed by atoms with Crippen molar-refractivity contribution in [3.63, 3.8) is 0 Å². The van der Waals surface area contributed by atoms with Crippen LogP contribution in [0.25, 0.3) is 39.3 Å². The van der Waals surface area contributed by atoms with E-state index >= 15 is 0 Å². The molecule has 3 aromatic heterocycles. The zero-order valence-corrected chi connectivity index (χ0v) is 27.3. The van der Waals surface area contributed by atoms with Crippen LogP contribution in [-0.2, 0) is 22.5 Å². The molecule has 246 valence electrons. The Morgan fingerprint density at radius 3 is 2.56 bits per heavy atom. The van der Waals surface area contributed by atoms with E-state index < -0.39 is 11.4 Å². The lowest BCUT2D eigenvalue weighted by Crippen LogP contribution is -2.50. The molecule has 0 radical (unpaired) electrons. The van der Waals surface area contributed by atoms with Crippen LogP contribution in [0.5, 0.6) is 5.75 Å². The molecule has 0 N–H and O–H groups in total. The Kier molecular flexibility index (Phi) is 7.73. The zero-order valence-electron chi connectivity index (χ0n) is 27.3. The van der Waals surface area contributed by atoms with E-state index in [0.717, 1.165) is 27.8 Å². The number of aromatic nitrogens is 5. The number of nitrogens with zero attached hydrogens (tertiary/aromatic N) is 7. The van der Waals surface area contributed by atoms with Gasteiger partial charge in [0, 0.05) is 55.1 Å². The predicted octanol–water partition coefficient (Wildman–Crippen LogP) is 5.94. The fourth-order valence-electron chi connectivity index (χ4n) is 6.27. The number of benzene rings is 2. The van der Waals surface area contributed by atoms with Crippen molar-refractivity contribution in [1.29, 1.82) is 0 Å². The number of fused-ring (bicyclic) bond motifs is 2. The minimum atomic E-state index is -0.565. The molecule has 11 nitrogen and oxygen atoms in total. The van der Waals surface area contributed by atoms with Crippen molar-refractivity contribution in [2.75, 3.05) is 26.7 Å². The fraction of sp³-hybridized carbons (Fsp3) is 0.306. The summed E-state index contributed by atoms with van der Waals surface area (Å²) in [6.07, 6.45) is 7.05. The molecule has 1 saturated heterocycles. The summed E-state index contributed by atoms with van der Waals surface area (Å²) in [6, 6.07) is 12.5. The molecule has 7 rings (SSSR count). The van der Waals surface area contributed by atoms with Gasteiger partial charge in [0.25, 0.3) is 0 Å². The van der Waals surface area contributed by atoms with E-state index in [1.807, 2.05) is 54.4 Å². The highest BCUT2D eigenvalue weighted by Crippen LogP contribution is 2.40. The van der Waals surface area contributed by atoms with Crippen LogP contribution in [-0.4, -0.2) is 78.5 Å². The number of halogens is 1. The van der Waals surface area contributed by atoms with Crippen LogP contribution in [0.2, 0.25) is 0 Å². The summed E-state index contributed by atoms with van der Waals surface area (Å²) < 4.78 is 29.2. The largest absolute Gasteiger partial charge is 0.496 e. The van der Waals surface area contributed by atoms with Crippen LogP contribution in [0.3, 0.4) is 0 Å². The molecule has 0 bridgehead atoms. The Balaban J connectivity index is 1.31. The summed E-state index contributed by atoms with van der Waals surface area (Å²) in [7, 11) is 1.50. The minimum Gasteiger partial charge on any atom is -0.496 e. The molecule has 0 atom stereocenters. The quantitative estimate of drug-likeness (QED) is 0.210. The van der Waals surface area contributed by atoms with Gasteiger partial charge in [-0.25, -0.2) is 18.7 Å². The summed E-state index contributed by atoms with van der Waals surface area (Å²) in [4.78, 5) is 33.5. The maximum atomic E-state index is 14.3.